The third-order valence-electron chi connectivity index (χ3n) is 4.85. The zero-order valence-corrected chi connectivity index (χ0v) is 22.2. The van der Waals surface area contributed by atoms with E-state index in [1.54, 1.807) is 7.05 Å². The summed E-state index contributed by atoms with van der Waals surface area (Å²) >= 11 is 0. The molecule has 1 heterocycles. The fourth-order valence-corrected chi connectivity index (χ4v) is 3.31. The molecule has 174 valence electrons. The predicted molar refractivity (Wildman–Crippen MR) is 138 cm³/mol. The zero-order valence-electron chi connectivity index (χ0n) is 19.9. The number of hydrogen-bond donors (Lipinski definition) is 2. The number of aryl methyl sites for hydroxylation is 2. The van der Waals surface area contributed by atoms with Crippen LogP contribution in [0.3, 0.4) is 0 Å². The Morgan fingerprint density at radius 3 is 2.35 bits per heavy atom. The summed E-state index contributed by atoms with van der Waals surface area (Å²) in [5.74, 6) is 2.73. The molecule has 1 aromatic heterocycles. The van der Waals surface area contributed by atoms with Gasteiger partial charge < -0.3 is 20.1 Å². The minimum absolute atomic E-state index is 0. The first kappa shape index (κ1) is 27.1. The Balaban J connectivity index is 0.00000480. The van der Waals surface area contributed by atoms with E-state index in [0.717, 1.165) is 41.8 Å². The topological polar surface area (TPSA) is 72.7 Å². The van der Waals surface area contributed by atoms with Crippen LogP contribution in [-0.4, -0.2) is 42.5 Å². The second kappa shape index (κ2) is 13.4. The van der Waals surface area contributed by atoms with Gasteiger partial charge in [0.1, 0.15) is 0 Å². The molecule has 0 spiro atoms. The maximum atomic E-state index is 5.75. The molecule has 0 bridgehead atoms. The van der Waals surface area contributed by atoms with Crippen molar-refractivity contribution >= 4 is 29.9 Å². The van der Waals surface area contributed by atoms with Crippen molar-refractivity contribution < 1.29 is 9.47 Å². The fourth-order valence-electron chi connectivity index (χ4n) is 3.31. The molecule has 0 aliphatic rings. The van der Waals surface area contributed by atoms with Crippen LogP contribution in [0.4, 0.5) is 0 Å². The van der Waals surface area contributed by atoms with E-state index in [9.17, 15) is 0 Å². The maximum absolute atomic E-state index is 5.75. The average molecular weight is 543 g/mol. The fraction of sp³-hybridized carbons (Fsp3) is 0.565. The standard InChI is InChI=1S/C23H37N5O2.HI/c1-8-29-21-11-10-20(13-22(21)30-9-2)19(6)26-23(24-7)25-14-16(3)15-28-18(5)12-17(4)27-28;/h10-13,16,19H,8-9,14-15H2,1-7H3,(H2,24,25,26);1H. The van der Waals surface area contributed by atoms with E-state index in [2.05, 4.69) is 58.3 Å². The molecule has 0 radical (unpaired) electrons. The van der Waals surface area contributed by atoms with Gasteiger partial charge >= 0.3 is 0 Å². The number of ether oxygens (including phenoxy) is 2. The molecule has 2 aromatic rings. The monoisotopic (exact) mass is 543 g/mol. The zero-order chi connectivity index (χ0) is 22.1. The van der Waals surface area contributed by atoms with E-state index in [1.165, 1.54) is 5.69 Å². The first-order valence-electron chi connectivity index (χ1n) is 10.8. The van der Waals surface area contributed by atoms with Gasteiger partial charge in [0.15, 0.2) is 17.5 Å². The molecular formula is C23H38IN5O2. The molecule has 31 heavy (non-hydrogen) atoms. The second-order valence-corrected chi connectivity index (χ2v) is 7.61. The molecule has 0 aliphatic carbocycles. The number of aliphatic imine (C=N–C) groups is 1. The van der Waals surface area contributed by atoms with Gasteiger partial charge in [0, 0.05) is 25.8 Å². The van der Waals surface area contributed by atoms with Gasteiger partial charge in [-0.05, 0) is 64.3 Å². The van der Waals surface area contributed by atoms with E-state index >= 15 is 0 Å². The van der Waals surface area contributed by atoms with Crippen LogP contribution in [0.5, 0.6) is 11.5 Å². The molecule has 2 rings (SSSR count). The van der Waals surface area contributed by atoms with Crippen molar-refractivity contribution in [3.8, 4) is 11.5 Å². The largest absolute Gasteiger partial charge is 0.490 e. The van der Waals surface area contributed by atoms with Crippen molar-refractivity contribution in [2.45, 2.75) is 54.1 Å². The van der Waals surface area contributed by atoms with Gasteiger partial charge in [-0.25, -0.2) is 0 Å². The number of aromatic nitrogens is 2. The predicted octanol–water partition coefficient (Wildman–Crippen LogP) is 4.48. The highest BCUT2D eigenvalue weighted by Gasteiger charge is 2.13. The second-order valence-electron chi connectivity index (χ2n) is 7.61. The Bertz CT molecular complexity index is 837. The lowest BCUT2D eigenvalue weighted by molar-refractivity contribution is 0.287. The highest BCUT2D eigenvalue weighted by atomic mass is 127. The summed E-state index contributed by atoms with van der Waals surface area (Å²) < 4.78 is 13.5. The summed E-state index contributed by atoms with van der Waals surface area (Å²) in [6.45, 7) is 15.3. The van der Waals surface area contributed by atoms with Gasteiger partial charge in [0.25, 0.3) is 0 Å². The lowest BCUT2D eigenvalue weighted by Gasteiger charge is -2.21. The van der Waals surface area contributed by atoms with Crippen molar-refractivity contribution in [2.24, 2.45) is 10.9 Å². The summed E-state index contributed by atoms with van der Waals surface area (Å²) in [7, 11) is 1.79. The third-order valence-corrected chi connectivity index (χ3v) is 4.85. The average Bonchev–Trinajstić information content (AvgIpc) is 3.03. The van der Waals surface area contributed by atoms with Crippen molar-refractivity contribution in [3.63, 3.8) is 0 Å². The molecule has 0 amide bonds. The van der Waals surface area contributed by atoms with Gasteiger partial charge in [-0.3, -0.25) is 9.67 Å². The summed E-state index contributed by atoms with van der Waals surface area (Å²) in [4.78, 5) is 4.38. The van der Waals surface area contributed by atoms with Crippen LogP contribution in [0.25, 0.3) is 0 Å². The Kier molecular flexibility index (Phi) is 11.7. The van der Waals surface area contributed by atoms with E-state index in [0.29, 0.717) is 19.1 Å². The van der Waals surface area contributed by atoms with Crippen LogP contribution in [0, 0.1) is 19.8 Å². The van der Waals surface area contributed by atoms with Crippen molar-refractivity contribution in [3.05, 3.63) is 41.2 Å². The van der Waals surface area contributed by atoms with E-state index in [4.69, 9.17) is 9.47 Å². The summed E-state index contributed by atoms with van der Waals surface area (Å²) in [6.07, 6.45) is 0. The van der Waals surface area contributed by atoms with Crippen LogP contribution < -0.4 is 20.1 Å². The lowest BCUT2D eigenvalue weighted by atomic mass is 10.1. The number of hydrogen-bond acceptors (Lipinski definition) is 4. The Morgan fingerprint density at radius 1 is 1.10 bits per heavy atom. The molecule has 0 aliphatic heterocycles. The van der Waals surface area contributed by atoms with Gasteiger partial charge in [0.05, 0.1) is 24.9 Å². The highest BCUT2D eigenvalue weighted by molar-refractivity contribution is 14.0. The molecule has 2 unspecified atom stereocenters. The number of rotatable bonds is 10. The Morgan fingerprint density at radius 2 is 1.77 bits per heavy atom. The van der Waals surface area contributed by atoms with Crippen molar-refractivity contribution in [1.82, 2.24) is 20.4 Å². The Labute approximate surface area is 204 Å². The van der Waals surface area contributed by atoms with Gasteiger partial charge in [-0.2, -0.15) is 5.10 Å². The minimum atomic E-state index is 0. The SMILES string of the molecule is CCOc1ccc(C(C)NC(=NC)NCC(C)Cn2nc(C)cc2C)cc1OCC.I. The number of halogens is 1. The molecule has 2 atom stereocenters. The van der Waals surface area contributed by atoms with Crippen molar-refractivity contribution in [2.75, 3.05) is 26.8 Å². The summed E-state index contributed by atoms with van der Waals surface area (Å²) in [5, 5.41) is 11.4. The summed E-state index contributed by atoms with van der Waals surface area (Å²) in [5.41, 5.74) is 3.36. The third kappa shape index (κ3) is 8.23. The lowest BCUT2D eigenvalue weighted by Crippen LogP contribution is -2.41. The van der Waals surface area contributed by atoms with E-state index in [1.807, 2.05) is 32.9 Å². The molecule has 0 saturated heterocycles. The first-order valence-corrected chi connectivity index (χ1v) is 10.8. The molecule has 2 N–H and O–H groups in total. The molecular weight excluding hydrogens is 505 g/mol. The molecule has 7 nitrogen and oxygen atoms in total. The number of benzene rings is 1. The smallest absolute Gasteiger partial charge is 0.191 e. The van der Waals surface area contributed by atoms with Gasteiger partial charge in [-0.1, -0.05) is 13.0 Å². The highest BCUT2D eigenvalue weighted by Crippen LogP contribution is 2.30. The molecule has 8 heteroatoms. The van der Waals surface area contributed by atoms with Crippen LogP contribution in [0.15, 0.2) is 29.3 Å². The van der Waals surface area contributed by atoms with Gasteiger partial charge in [0.2, 0.25) is 0 Å². The number of nitrogens with zero attached hydrogens (tertiary/aromatic N) is 3. The molecule has 0 saturated carbocycles. The molecule has 0 fully saturated rings. The van der Waals surface area contributed by atoms with E-state index in [-0.39, 0.29) is 30.0 Å². The summed E-state index contributed by atoms with van der Waals surface area (Å²) in [6, 6.07) is 8.23. The number of nitrogens with one attached hydrogen (secondary N) is 2. The normalized spacial score (nSPS) is 13.2. The quantitative estimate of drug-likeness (QED) is 0.263. The first-order chi connectivity index (χ1) is 14.4. The Hall–Kier alpha value is -1.97. The van der Waals surface area contributed by atoms with Crippen LogP contribution in [-0.2, 0) is 6.54 Å². The van der Waals surface area contributed by atoms with Crippen LogP contribution in [0.1, 0.15) is 50.7 Å². The van der Waals surface area contributed by atoms with Crippen LogP contribution >= 0.6 is 24.0 Å². The maximum Gasteiger partial charge on any atom is 0.191 e. The van der Waals surface area contributed by atoms with Crippen molar-refractivity contribution in [1.29, 1.82) is 0 Å². The molecule has 1 aromatic carbocycles. The van der Waals surface area contributed by atoms with Gasteiger partial charge in [-0.15, -0.1) is 24.0 Å². The number of guanidine groups is 1. The minimum Gasteiger partial charge on any atom is -0.490 e. The van der Waals surface area contributed by atoms with Crippen LogP contribution in [0.2, 0.25) is 0 Å². The van der Waals surface area contributed by atoms with E-state index < -0.39 is 0 Å².